The Morgan fingerprint density at radius 1 is 1.36 bits per heavy atom. The quantitative estimate of drug-likeness (QED) is 0.773. The van der Waals surface area contributed by atoms with Crippen LogP contribution in [0.2, 0.25) is 0 Å². The highest BCUT2D eigenvalue weighted by Gasteiger charge is 2.25. The lowest BCUT2D eigenvalue weighted by atomic mass is 10.1. The third-order valence-electron chi connectivity index (χ3n) is 4.63. The topological polar surface area (TPSA) is 70.2 Å². The number of nitrogens with zero attached hydrogens (tertiary/aromatic N) is 2. The molecule has 1 unspecified atom stereocenters. The van der Waals surface area contributed by atoms with Crippen molar-refractivity contribution in [2.75, 3.05) is 26.7 Å². The highest BCUT2D eigenvalue weighted by molar-refractivity contribution is 9.10. The van der Waals surface area contributed by atoms with Crippen LogP contribution in [0.15, 0.2) is 28.7 Å². The van der Waals surface area contributed by atoms with Crippen molar-refractivity contribution in [3.05, 3.63) is 45.7 Å². The molecule has 1 fully saturated rings. The number of likely N-dealkylation sites (tertiary alicyclic amines) is 1. The maximum atomic E-state index is 12.5. The Morgan fingerprint density at radius 3 is 2.60 bits per heavy atom. The molecule has 2 heterocycles. The molecule has 134 valence electrons. The molecule has 0 bridgehead atoms. The highest BCUT2D eigenvalue weighted by Crippen LogP contribution is 2.26. The minimum atomic E-state index is -0.172. The lowest BCUT2D eigenvalue weighted by Crippen LogP contribution is -2.37. The van der Waals surface area contributed by atoms with E-state index in [4.69, 9.17) is 4.74 Å². The molecule has 0 aliphatic carbocycles. The molecule has 1 amide bonds. The maximum Gasteiger partial charge on any atom is 0.273 e. The first-order chi connectivity index (χ1) is 12.1. The summed E-state index contributed by atoms with van der Waals surface area (Å²) in [6.07, 6.45) is 2.40. The largest absolute Gasteiger partial charge is 0.497 e. The molecule has 0 saturated carbocycles. The Bertz CT molecular complexity index is 723. The van der Waals surface area contributed by atoms with E-state index in [2.05, 4.69) is 48.5 Å². The van der Waals surface area contributed by atoms with Gasteiger partial charge in [0.2, 0.25) is 0 Å². The average molecular weight is 407 g/mol. The first-order valence-corrected chi connectivity index (χ1v) is 9.26. The van der Waals surface area contributed by atoms with Gasteiger partial charge in [-0.3, -0.25) is 14.8 Å². The average Bonchev–Trinajstić information content (AvgIpc) is 3.27. The summed E-state index contributed by atoms with van der Waals surface area (Å²) in [6.45, 7) is 4.53. The standard InChI is InChI=1S/C18H23BrN4O2/c1-12-16(19)17(22-21-12)18(24)20-11-15(23-9-3-4-10-23)13-5-7-14(25-2)8-6-13/h5-8,15H,3-4,9-11H2,1-2H3,(H,20,24)(H,21,22). The highest BCUT2D eigenvalue weighted by atomic mass is 79.9. The van der Waals surface area contributed by atoms with Crippen LogP contribution in [0.5, 0.6) is 5.75 Å². The zero-order valence-electron chi connectivity index (χ0n) is 14.5. The Hall–Kier alpha value is -1.86. The summed E-state index contributed by atoms with van der Waals surface area (Å²) in [5.74, 6) is 0.665. The molecule has 3 rings (SSSR count). The summed E-state index contributed by atoms with van der Waals surface area (Å²) >= 11 is 3.41. The molecule has 2 aromatic rings. The Kier molecular flexibility index (Phi) is 5.75. The number of carbonyl (C=O) groups is 1. The van der Waals surface area contributed by atoms with Gasteiger partial charge in [0.15, 0.2) is 5.69 Å². The maximum absolute atomic E-state index is 12.5. The Labute approximate surface area is 156 Å². The second kappa shape index (κ2) is 8.01. The number of H-pyrrole nitrogens is 1. The summed E-state index contributed by atoms with van der Waals surface area (Å²) in [4.78, 5) is 14.9. The number of aromatic amines is 1. The van der Waals surface area contributed by atoms with E-state index < -0.39 is 0 Å². The van der Waals surface area contributed by atoms with Gasteiger partial charge in [0.25, 0.3) is 5.91 Å². The van der Waals surface area contributed by atoms with E-state index in [1.54, 1.807) is 7.11 Å². The minimum absolute atomic E-state index is 0.149. The van der Waals surface area contributed by atoms with Gasteiger partial charge in [-0.2, -0.15) is 5.10 Å². The van der Waals surface area contributed by atoms with Crippen molar-refractivity contribution >= 4 is 21.8 Å². The van der Waals surface area contributed by atoms with Gasteiger partial charge in [0.1, 0.15) is 5.75 Å². The molecular formula is C18H23BrN4O2. The fourth-order valence-electron chi connectivity index (χ4n) is 3.18. The number of benzene rings is 1. The first-order valence-electron chi connectivity index (χ1n) is 8.47. The van der Waals surface area contributed by atoms with Gasteiger partial charge in [0.05, 0.1) is 17.6 Å². The number of hydrogen-bond donors (Lipinski definition) is 2. The third-order valence-corrected chi connectivity index (χ3v) is 5.60. The van der Waals surface area contributed by atoms with Crippen LogP contribution in [0, 0.1) is 6.92 Å². The number of aromatic nitrogens is 2. The number of nitrogens with one attached hydrogen (secondary N) is 2. The van der Waals surface area contributed by atoms with E-state index in [-0.39, 0.29) is 11.9 Å². The van der Waals surface area contributed by atoms with Crippen molar-refractivity contribution in [1.29, 1.82) is 0 Å². The zero-order chi connectivity index (χ0) is 17.8. The molecule has 0 radical (unpaired) electrons. The predicted molar refractivity (Wildman–Crippen MR) is 99.9 cm³/mol. The normalized spacial score (nSPS) is 16.0. The van der Waals surface area contributed by atoms with Gasteiger partial charge < -0.3 is 10.1 Å². The summed E-state index contributed by atoms with van der Waals surface area (Å²) < 4.78 is 5.96. The number of amides is 1. The van der Waals surface area contributed by atoms with Crippen molar-refractivity contribution in [3.63, 3.8) is 0 Å². The van der Waals surface area contributed by atoms with Crippen molar-refractivity contribution in [3.8, 4) is 5.75 Å². The molecule has 25 heavy (non-hydrogen) atoms. The molecule has 1 aliphatic rings. The number of methoxy groups -OCH3 is 1. The second-order valence-corrected chi connectivity index (χ2v) is 7.05. The van der Waals surface area contributed by atoms with E-state index in [0.29, 0.717) is 16.7 Å². The zero-order valence-corrected chi connectivity index (χ0v) is 16.1. The van der Waals surface area contributed by atoms with Crippen LogP contribution in [-0.4, -0.2) is 47.7 Å². The lowest BCUT2D eigenvalue weighted by Gasteiger charge is -2.28. The SMILES string of the molecule is COc1ccc(C(CNC(=O)c2n[nH]c(C)c2Br)N2CCCC2)cc1. The number of hydrogen-bond acceptors (Lipinski definition) is 4. The molecule has 0 spiro atoms. The summed E-state index contributed by atoms with van der Waals surface area (Å²) in [5, 5.41) is 9.93. The molecular weight excluding hydrogens is 384 g/mol. The monoisotopic (exact) mass is 406 g/mol. The van der Waals surface area contributed by atoms with Crippen molar-refractivity contribution < 1.29 is 9.53 Å². The van der Waals surface area contributed by atoms with Crippen LogP contribution >= 0.6 is 15.9 Å². The molecule has 6 nitrogen and oxygen atoms in total. The van der Waals surface area contributed by atoms with E-state index in [9.17, 15) is 4.79 Å². The summed E-state index contributed by atoms with van der Waals surface area (Å²) in [5.41, 5.74) is 2.42. The molecule has 1 aromatic heterocycles. The van der Waals surface area contributed by atoms with Crippen LogP contribution in [-0.2, 0) is 0 Å². The van der Waals surface area contributed by atoms with Crippen molar-refractivity contribution in [2.45, 2.75) is 25.8 Å². The smallest absolute Gasteiger partial charge is 0.273 e. The number of aryl methyl sites for hydroxylation is 1. The van der Waals surface area contributed by atoms with E-state index in [1.165, 1.54) is 18.4 Å². The van der Waals surface area contributed by atoms with Gasteiger partial charge >= 0.3 is 0 Å². The fraction of sp³-hybridized carbons (Fsp3) is 0.444. The van der Waals surface area contributed by atoms with Gasteiger partial charge in [-0.15, -0.1) is 0 Å². The van der Waals surface area contributed by atoms with Crippen LogP contribution in [0.3, 0.4) is 0 Å². The number of carbonyl (C=O) groups excluding carboxylic acids is 1. The Balaban J connectivity index is 1.73. The molecule has 1 aromatic carbocycles. The lowest BCUT2D eigenvalue weighted by molar-refractivity contribution is 0.0932. The molecule has 7 heteroatoms. The minimum Gasteiger partial charge on any atom is -0.497 e. The van der Waals surface area contributed by atoms with Crippen LogP contribution in [0.4, 0.5) is 0 Å². The molecule has 1 atom stereocenters. The number of rotatable bonds is 6. The van der Waals surface area contributed by atoms with Gasteiger partial charge in [-0.25, -0.2) is 0 Å². The van der Waals surface area contributed by atoms with Crippen LogP contribution < -0.4 is 10.1 Å². The van der Waals surface area contributed by atoms with Crippen molar-refractivity contribution in [2.24, 2.45) is 0 Å². The van der Waals surface area contributed by atoms with E-state index >= 15 is 0 Å². The third kappa shape index (κ3) is 4.04. The predicted octanol–water partition coefficient (Wildman–Crippen LogP) is 3.06. The number of ether oxygens (including phenoxy) is 1. The molecule has 2 N–H and O–H groups in total. The van der Waals surface area contributed by atoms with E-state index in [0.717, 1.165) is 24.5 Å². The van der Waals surface area contributed by atoms with Crippen molar-refractivity contribution in [1.82, 2.24) is 20.4 Å². The molecule has 1 saturated heterocycles. The second-order valence-electron chi connectivity index (χ2n) is 6.25. The first kappa shape index (κ1) is 17.9. The fourth-order valence-corrected chi connectivity index (χ4v) is 3.53. The van der Waals surface area contributed by atoms with Gasteiger partial charge in [-0.1, -0.05) is 12.1 Å². The van der Waals surface area contributed by atoms with Gasteiger partial charge in [-0.05, 0) is 66.5 Å². The summed E-state index contributed by atoms with van der Waals surface area (Å²) in [6, 6.07) is 8.23. The number of halogens is 1. The van der Waals surface area contributed by atoms with Gasteiger partial charge in [0, 0.05) is 12.2 Å². The Morgan fingerprint density at radius 2 is 2.04 bits per heavy atom. The summed E-state index contributed by atoms with van der Waals surface area (Å²) in [7, 11) is 1.66. The molecule has 1 aliphatic heterocycles. The van der Waals surface area contributed by atoms with Crippen LogP contribution in [0.25, 0.3) is 0 Å². The van der Waals surface area contributed by atoms with Crippen LogP contribution in [0.1, 0.15) is 40.6 Å². The van der Waals surface area contributed by atoms with E-state index in [1.807, 2.05) is 19.1 Å².